The number of esters is 2. The summed E-state index contributed by atoms with van der Waals surface area (Å²) in [5, 5.41) is 14.6. The number of pyridine rings is 1. The molecule has 0 aliphatic carbocycles. The zero-order valence-corrected chi connectivity index (χ0v) is 37.9. The number of ether oxygens (including phenoxy) is 2. The molecule has 0 amide bonds. The minimum atomic E-state index is -0.395. The lowest BCUT2D eigenvalue weighted by Gasteiger charge is -2.22. The van der Waals surface area contributed by atoms with Crippen molar-refractivity contribution in [2.45, 2.75) is 214 Å². The summed E-state index contributed by atoms with van der Waals surface area (Å²) >= 11 is 0. The molecule has 1 N–H and O–H groups in total. The molecule has 0 bridgehead atoms. The number of rotatable bonds is 42. The highest BCUT2D eigenvalue weighted by atomic mass is 16.6. The zero-order valence-electron chi connectivity index (χ0n) is 37.9. The van der Waals surface area contributed by atoms with Crippen LogP contribution in [0.15, 0.2) is 18.3 Å². The predicted octanol–water partition coefficient (Wildman–Crippen LogP) is 13.4. The summed E-state index contributed by atoms with van der Waals surface area (Å²) in [5.74, 6) is 1.60. The molecule has 0 saturated carbocycles. The summed E-state index contributed by atoms with van der Waals surface area (Å²) in [7, 11) is 0. The fraction of sp³-hybridized carbons (Fsp3) is 0.854. The highest BCUT2D eigenvalue weighted by Gasteiger charge is 2.15. The molecule has 0 aliphatic rings. The first-order chi connectivity index (χ1) is 28.3. The Hall–Kier alpha value is -2.75. The van der Waals surface area contributed by atoms with Gasteiger partial charge in [-0.05, 0) is 82.5 Å². The maximum atomic E-state index is 12.4. The smallest absolute Gasteiger partial charge is 0.311 e. The summed E-state index contributed by atoms with van der Waals surface area (Å²) in [6.07, 6.45) is 33.7. The lowest BCUT2D eigenvalue weighted by atomic mass is 9.92. The van der Waals surface area contributed by atoms with Gasteiger partial charge in [-0.2, -0.15) is 0 Å². The molecule has 1 rings (SSSR count). The van der Waals surface area contributed by atoms with Crippen molar-refractivity contribution in [3.63, 3.8) is 0 Å². The third-order valence-corrected chi connectivity index (χ3v) is 11.6. The van der Waals surface area contributed by atoms with Gasteiger partial charge in [0.15, 0.2) is 0 Å². The first-order valence-corrected chi connectivity index (χ1v) is 24.2. The van der Waals surface area contributed by atoms with E-state index >= 15 is 0 Å². The second kappa shape index (κ2) is 38.5. The molecule has 58 heavy (non-hydrogen) atoms. The Morgan fingerprint density at radius 1 is 0.621 bits per heavy atom. The number of nitrogens with one attached hydrogen (secondary N) is 1. The third kappa shape index (κ3) is 30.3. The normalized spacial score (nSPS) is 11.5. The molecule has 1 aromatic heterocycles. The SMILES string of the molecule is CCCCCC(CCCCC)CCOC(=O)CCCCCCCN(CCCCCCCC(=O)OCCC(CCCC)CCCC)CCCNc1ncccc1[N+](=O)[O-]. The van der Waals surface area contributed by atoms with Gasteiger partial charge in [-0.1, -0.05) is 156 Å². The summed E-state index contributed by atoms with van der Waals surface area (Å²) < 4.78 is 11.2. The summed E-state index contributed by atoms with van der Waals surface area (Å²) in [5.41, 5.74) is 0.00332. The van der Waals surface area contributed by atoms with Crippen molar-refractivity contribution < 1.29 is 24.0 Å². The summed E-state index contributed by atoms with van der Waals surface area (Å²) in [6.45, 7) is 13.7. The van der Waals surface area contributed by atoms with Crippen LogP contribution in [0.4, 0.5) is 11.5 Å². The Kier molecular flexibility index (Phi) is 35.3. The minimum absolute atomic E-state index is 0.00332. The monoisotopic (exact) mass is 817 g/mol. The van der Waals surface area contributed by atoms with Crippen molar-refractivity contribution in [1.29, 1.82) is 0 Å². The number of hydrogen-bond acceptors (Lipinski definition) is 9. The van der Waals surface area contributed by atoms with Crippen LogP contribution in [0, 0.1) is 22.0 Å². The van der Waals surface area contributed by atoms with E-state index in [1.807, 2.05) is 0 Å². The standard InChI is InChI=1S/C48H88N4O6/c1-5-9-19-29-44(30-20-10-6-2)35-42-58-47(54)33-22-16-14-18-24-39-51(40-26-37-50-48-45(52(55)56)31-25-36-49-48)38-23-17-13-15-21-32-46(53)57-41-34-43(27-11-7-3)28-12-8-4/h25,31,36,43-44H,5-24,26-30,32-35,37-42H2,1-4H3,(H,49,50). The van der Waals surface area contributed by atoms with Crippen molar-refractivity contribution >= 4 is 23.4 Å². The lowest BCUT2D eigenvalue weighted by molar-refractivity contribution is -0.384. The Labute approximate surface area is 355 Å². The van der Waals surface area contributed by atoms with E-state index in [2.05, 4.69) is 42.9 Å². The number of carbonyl (C=O) groups is 2. The first kappa shape index (κ1) is 53.3. The van der Waals surface area contributed by atoms with Gasteiger partial charge >= 0.3 is 17.6 Å². The fourth-order valence-electron chi connectivity index (χ4n) is 7.84. The van der Waals surface area contributed by atoms with E-state index in [9.17, 15) is 19.7 Å². The van der Waals surface area contributed by atoms with Gasteiger partial charge in [0, 0.05) is 31.6 Å². The van der Waals surface area contributed by atoms with E-state index in [1.54, 1.807) is 12.3 Å². The van der Waals surface area contributed by atoms with Crippen LogP contribution in [-0.2, 0) is 19.1 Å². The van der Waals surface area contributed by atoms with E-state index in [4.69, 9.17) is 9.47 Å². The van der Waals surface area contributed by atoms with Crippen LogP contribution in [0.5, 0.6) is 0 Å². The third-order valence-electron chi connectivity index (χ3n) is 11.6. The average Bonchev–Trinajstić information content (AvgIpc) is 3.22. The number of aromatic nitrogens is 1. The van der Waals surface area contributed by atoms with E-state index in [0.29, 0.717) is 50.3 Å². The predicted molar refractivity (Wildman–Crippen MR) is 241 cm³/mol. The molecule has 10 nitrogen and oxygen atoms in total. The van der Waals surface area contributed by atoms with Gasteiger partial charge in [0.25, 0.3) is 0 Å². The van der Waals surface area contributed by atoms with Crippen molar-refractivity contribution in [3.05, 3.63) is 28.4 Å². The highest BCUT2D eigenvalue weighted by molar-refractivity contribution is 5.69. The molecule has 0 spiro atoms. The molecule has 0 aromatic carbocycles. The van der Waals surface area contributed by atoms with Crippen LogP contribution >= 0.6 is 0 Å². The molecule has 1 aromatic rings. The number of nitrogens with zero attached hydrogens (tertiary/aromatic N) is 3. The number of nitro groups is 1. The van der Waals surface area contributed by atoms with E-state index in [-0.39, 0.29) is 17.6 Å². The van der Waals surface area contributed by atoms with Crippen LogP contribution in [0.1, 0.15) is 214 Å². The van der Waals surface area contributed by atoms with E-state index < -0.39 is 4.92 Å². The molecular formula is C48H88N4O6. The molecule has 0 saturated heterocycles. The Morgan fingerprint density at radius 3 is 1.55 bits per heavy atom. The summed E-state index contributed by atoms with van der Waals surface area (Å²) in [6, 6.07) is 3.07. The summed E-state index contributed by atoms with van der Waals surface area (Å²) in [4.78, 5) is 42.5. The number of hydrogen-bond donors (Lipinski definition) is 1. The maximum absolute atomic E-state index is 12.4. The Bertz CT molecular complexity index is 1120. The highest BCUT2D eigenvalue weighted by Crippen LogP contribution is 2.23. The largest absolute Gasteiger partial charge is 0.466 e. The van der Waals surface area contributed by atoms with Crippen LogP contribution in [-0.4, -0.2) is 66.1 Å². The molecule has 0 atom stereocenters. The van der Waals surface area contributed by atoms with Crippen LogP contribution < -0.4 is 5.32 Å². The van der Waals surface area contributed by atoms with Crippen molar-refractivity contribution in [3.8, 4) is 0 Å². The zero-order chi connectivity index (χ0) is 42.3. The van der Waals surface area contributed by atoms with Crippen LogP contribution in [0.3, 0.4) is 0 Å². The molecule has 0 unspecified atom stereocenters. The molecular weight excluding hydrogens is 729 g/mol. The van der Waals surface area contributed by atoms with Gasteiger partial charge in [0.2, 0.25) is 5.82 Å². The second-order valence-electron chi connectivity index (χ2n) is 16.8. The van der Waals surface area contributed by atoms with Gasteiger partial charge < -0.3 is 19.7 Å². The van der Waals surface area contributed by atoms with Gasteiger partial charge in [0.1, 0.15) is 0 Å². The fourth-order valence-corrected chi connectivity index (χ4v) is 7.84. The number of carbonyl (C=O) groups excluding carboxylic acids is 2. The van der Waals surface area contributed by atoms with E-state index in [0.717, 1.165) is 103 Å². The van der Waals surface area contributed by atoms with Crippen molar-refractivity contribution in [2.75, 3.05) is 44.7 Å². The quantitative estimate of drug-likeness (QED) is 0.0297. The molecule has 0 aliphatic heterocycles. The van der Waals surface area contributed by atoms with Crippen LogP contribution in [0.25, 0.3) is 0 Å². The molecule has 10 heteroatoms. The lowest BCUT2D eigenvalue weighted by Crippen LogP contribution is -2.28. The van der Waals surface area contributed by atoms with E-state index in [1.165, 1.54) is 96.0 Å². The molecule has 1 heterocycles. The van der Waals surface area contributed by atoms with Gasteiger partial charge in [-0.25, -0.2) is 4.98 Å². The van der Waals surface area contributed by atoms with Crippen LogP contribution in [0.2, 0.25) is 0 Å². The second-order valence-corrected chi connectivity index (χ2v) is 16.8. The molecule has 0 radical (unpaired) electrons. The number of unbranched alkanes of at least 4 members (excludes halogenated alkanes) is 14. The maximum Gasteiger partial charge on any atom is 0.311 e. The molecule has 0 fully saturated rings. The van der Waals surface area contributed by atoms with Crippen molar-refractivity contribution in [2.24, 2.45) is 11.8 Å². The van der Waals surface area contributed by atoms with Crippen molar-refractivity contribution in [1.82, 2.24) is 9.88 Å². The van der Waals surface area contributed by atoms with Gasteiger partial charge in [0.05, 0.1) is 18.1 Å². The average molecular weight is 817 g/mol. The van der Waals surface area contributed by atoms with Gasteiger partial charge in [-0.15, -0.1) is 0 Å². The topological polar surface area (TPSA) is 124 Å². The Morgan fingerprint density at radius 2 is 1.07 bits per heavy atom. The minimum Gasteiger partial charge on any atom is -0.466 e. The molecule has 336 valence electrons. The first-order valence-electron chi connectivity index (χ1n) is 24.2. The van der Waals surface area contributed by atoms with Gasteiger partial charge in [-0.3, -0.25) is 19.7 Å². The number of anilines is 1. The Balaban J connectivity index is 2.37.